The lowest BCUT2D eigenvalue weighted by Crippen LogP contribution is -2.39. The van der Waals surface area contributed by atoms with Crippen LogP contribution in [-0.2, 0) is 20.7 Å². The molecule has 20 heavy (non-hydrogen) atoms. The summed E-state index contributed by atoms with van der Waals surface area (Å²) >= 11 is 0. The first-order chi connectivity index (χ1) is 9.69. The fourth-order valence-electron chi connectivity index (χ4n) is 2.80. The first-order valence-corrected chi connectivity index (χ1v) is 7.43. The maximum atomic E-state index is 12.4. The molecule has 0 aliphatic heterocycles. The number of hydrogen-bond donors (Lipinski definition) is 0. The summed E-state index contributed by atoms with van der Waals surface area (Å²) in [5, 5.41) is 0. The third-order valence-electron chi connectivity index (χ3n) is 4.01. The molecule has 0 radical (unpaired) electrons. The monoisotopic (exact) mass is 274 g/mol. The predicted molar refractivity (Wildman–Crippen MR) is 77.3 cm³/mol. The van der Waals surface area contributed by atoms with Crippen molar-refractivity contribution >= 4 is 11.8 Å². The number of carbonyl (C=O) groups is 2. The Balaban J connectivity index is 2.14. The molecule has 1 aliphatic carbocycles. The lowest BCUT2D eigenvalue weighted by Gasteiger charge is -2.25. The SMILES string of the molecule is CCCCOC(=O)C1(Cc2ccccc2)CCCC1=O. The van der Waals surface area contributed by atoms with Gasteiger partial charge in [0.1, 0.15) is 5.41 Å². The lowest BCUT2D eigenvalue weighted by atomic mass is 9.79. The summed E-state index contributed by atoms with van der Waals surface area (Å²) in [6.45, 7) is 2.47. The van der Waals surface area contributed by atoms with Gasteiger partial charge in [0, 0.05) is 6.42 Å². The van der Waals surface area contributed by atoms with E-state index in [1.807, 2.05) is 37.3 Å². The van der Waals surface area contributed by atoms with Gasteiger partial charge in [-0.1, -0.05) is 43.7 Å². The Morgan fingerprint density at radius 1 is 1.30 bits per heavy atom. The average molecular weight is 274 g/mol. The van der Waals surface area contributed by atoms with Crippen molar-refractivity contribution in [3.05, 3.63) is 35.9 Å². The van der Waals surface area contributed by atoms with Crippen LogP contribution in [0.2, 0.25) is 0 Å². The second kappa shape index (κ2) is 6.69. The van der Waals surface area contributed by atoms with Crippen molar-refractivity contribution in [1.82, 2.24) is 0 Å². The molecule has 1 saturated carbocycles. The van der Waals surface area contributed by atoms with Gasteiger partial charge in [0.25, 0.3) is 0 Å². The Labute approximate surface area is 120 Å². The highest BCUT2D eigenvalue weighted by Crippen LogP contribution is 2.39. The molecule has 0 aromatic heterocycles. The second-order valence-corrected chi connectivity index (χ2v) is 5.51. The fraction of sp³-hybridized carbons (Fsp3) is 0.529. The maximum Gasteiger partial charge on any atom is 0.319 e. The maximum absolute atomic E-state index is 12.4. The van der Waals surface area contributed by atoms with Gasteiger partial charge in [-0.05, 0) is 31.2 Å². The second-order valence-electron chi connectivity index (χ2n) is 5.51. The smallest absolute Gasteiger partial charge is 0.319 e. The van der Waals surface area contributed by atoms with Crippen molar-refractivity contribution in [1.29, 1.82) is 0 Å². The summed E-state index contributed by atoms with van der Waals surface area (Å²) < 4.78 is 5.35. The number of carbonyl (C=O) groups excluding carboxylic acids is 2. The van der Waals surface area contributed by atoms with E-state index in [9.17, 15) is 9.59 Å². The zero-order valence-corrected chi connectivity index (χ0v) is 12.1. The van der Waals surface area contributed by atoms with Gasteiger partial charge in [0.05, 0.1) is 6.61 Å². The van der Waals surface area contributed by atoms with E-state index in [-0.39, 0.29) is 11.8 Å². The zero-order chi connectivity index (χ0) is 14.4. The molecule has 0 bridgehead atoms. The molecule has 1 atom stereocenters. The molecule has 0 N–H and O–H groups in total. The van der Waals surface area contributed by atoms with Crippen LogP contribution in [0.4, 0.5) is 0 Å². The van der Waals surface area contributed by atoms with Crippen LogP contribution in [0.15, 0.2) is 30.3 Å². The highest BCUT2D eigenvalue weighted by molar-refractivity contribution is 6.05. The van der Waals surface area contributed by atoms with Crippen molar-refractivity contribution in [2.45, 2.75) is 45.4 Å². The number of ketones is 1. The van der Waals surface area contributed by atoms with E-state index in [1.54, 1.807) is 0 Å². The number of Topliss-reactive ketones (excluding diaryl/α,β-unsaturated/α-hetero) is 1. The van der Waals surface area contributed by atoms with Gasteiger partial charge in [-0.25, -0.2) is 0 Å². The van der Waals surface area contributed by atoms with Crippen molar-refractivity contribution < 1.29 is 14.3 Å². The van der Waals surface area contributed by atoms with Gasteiger partial charge in [0.15, 0.2) is 5.78 Å². The average Bonchev–Trinajstić information content (AvgIpc) is 2.82. The summed E-state index contributed by atoms with van der Waals surface area (Å²) in [6.07, 6.45) is 4.20. The predicted octanol–water partition coefficient (Wildman–Crippen LogP) is 3.31. The highest BCUT2D eigenvalue weighted by atomic mass is 16.5. The molecule has 1 aromatic carbocycles. The molecular weight excluding hydrogens is 252 g/mol. The first kappa shape index (κ1) is 14.8. The van der Waals surface area contributed by atoms with Crippen LogP contribution in [0.25, 0.3) is 0 Å². The fourth-order valence-corrected chi connectivity index (χ4v) is 2.80. The van der Waals surface area contributed by atoms with E-state index < -0.39 is 5.41 Å². The normalized spacial score (nSPS) is 21.9. The third kappa shape index (κ3) is 3.09. The zero-order valence-electron chi connectivity index (χ0n) is 12.1. The summed E-state index contributed by atoms with van der Waals surface area (Å²) in [4.78, 5) is 24.7. The molecule has 0 spiro atoms. The van der Waals surface area contributed by atoms with E-state index >= 15 is 0 Å². The highest BCUT2D eigenvalue weighted by Gasteiger charge is 2.49. The summed E-state index contributed by atoms with van der Waals surface area (Å²) in [7, 11) is 0. The topological polar surface area (TPSA) is 43.4 Å². The van der Waals surface area contributed by atoms with Gasteiger partial charge in [-0.2, -0.15) is 0 Å². The molecule has 3 nitrogen and oxygen atoms in total. The van der Waals surface area contributed by atoms with Crippen LogP contribution >= 0.6 is 0 Å². The molecule has 3 heteroatoms. The summed E-state index contributed by atoms with van der Waals surface area (Å²) in [5.41, 5.74) is 0.0879. The van der Waals surface area contributed by atoms with E-state index in [0.29, 0.717) is 25.9 Å². The van der Waals surface area contributed by atoms with Crippen LogP contribution in [-0.4, -0.2) is 18.4 Å². The van der Waals surface area contributed by atoms with Gasteiger partial charge in [0.2, 0.25) is 0 Å². The number of hydrogen-bond acceptors (Lipinski definition) is 3. The molecule has 0 saturated heterocycles. The minimum absolute atomic E-state index is 0.0443. The van der Waals surface area contributed by atoms with Crippen molar-refractivity contribution in [3.8, 4) is 0 Å². The van der Waals surface area contributed by atoms with E-state index in [2.05, 4.69) is 0 Å². The standard InChI is InChI=1S/C17H22O3/c1-2-3-12-20-16(19)17(11-7-10-15(17)18)13-14-8-5-4-6-9-14/h4-6,8-9H,2-3,7,10-13H2,1H3. The molecular formula is C17H22O3. The molecule has 1 fully saturated rings. The summed E-state index contributed by atoms with van der Waals surface area (Å²) in [5.74, 6) is -0.278. The number of esters is 1. The van der Waals surface area contributed by atoms with Crippen LogP contribution < -0.4 is 0 Å². The number of rotatable bonds is 6. The Bertz CT molecular complexity index is 466. The Kier molecular flexibility index (Phi) is 4.94. The molecule has 2 rings (SSSR count). The van der Waals surface area contributed by atoms with Crippen LogP contribution in [0, 0.1) is 5.41 Å². The van der Waals surface area contributed by atoms with Gasteiger partial charge < -0.3 is 4.74 Å². The molecule has 1 unspecified atom stereocenters. The van der Waals surface area contributed by atoms with Gasteiger partial charge in [-0.3, -0.25) is 9.59 Å². The Hall–Kier alpha value is -1.64. The van der Waals surface area contributed by atoms with Gasteiger partial charge in [-0.15, -0.1) is 0 Å². The molecule has 0 amide bonds. The number of benzene rings is 1. The van der Waals surface area contributed by atoms with Crippen LogP contribution in [0.1, 0.15) is 44.6 Å². The van der Waals surface area contributed by atoms with Crippen LogP contribution in [0.5, 0.6) is 0 Å². The largest absolute Gasteiger partial charge is 0.465 e. The van der Waals surface area contributed by atoms with Crippen molar-refractivity contribution in [3.63, 3.8) is 0 Å². The van der Waals surface area contributed by atoms with E-state index in [4.69, 9.17) is 4.74 Å². The van der Waals surface area contributed by atoms with E-state index in [0.717, 1.165) is 24.8 Å². The first-order valence-electron chi connectivity index (χ1n) is 7.43. The minimum atomic E-state index is -0.935. The number of ether oxygens (including phenoxy) is 1. The van der Waals surface area contributed by atoms with Gasteiger partial charge >= 0.3 is 5.97 Å². The van der Waals surface area contributed by atoms with Crippen LogP contribution in [0.3, 0.4) is 0 Å². The molecule has 0 heterocycles. The van der Waals surface area contributed by atoms with E-state index in [1.165, 1.54) is 0 Å². The molecule has 1 aliphatic rings. The molecule has 1 aromatic rings. The van der Waals surface area contributed by atoms with Crippen molar-refractivity contribution in [2.75, 3.05) is 6.61 Å². The minimum Gasteiger partial charge on any atom is -0.465 e. The van der Waals surface area contributed by atoms with Crippen molar-refractivity contribution in [2.24, 2.45) is 5.41 Å². The Morgan fingerprint density at radius 2 is 2.05 bits per heavy atom. The molecule has 108 valence electrons. The Morgan fingerprint density at radius 3 is 2.65 bits per heavy atom. The number of unbranched alkanes of at least 4 members (excludes halogenated alkanes) is 1. The third-order valence-corrected chi connectivity index (χ3v) is 4.01. The lowest BCUT2D eigenvalue weighted by molar-refractivity contribution is -0.159. The quantitative estimate of drug-likeness (QED) is 0.454. The summed E-state index contributed by atoms with van der Waals surface area (Å²) in [6, 6.07) is 9.74.